The zero-order chi connectivity index (χ0) is 21.0. The average molecular weight is 398 g/mol. The van der Waals surface area contributed by atoms with Gasteiger partial charge >= 0.3 is 5.97 Å². The molecule has 0 aliphatic carbocycles. The molecule has 0 unspecified atom stereocenters. The number of hydrogen-bond acceptors (Lipinski definition) is 7. The highest BCUT2D eigenvalue weighted by atomic mass is 16.6. The van der Waals surface area contributed by atoms with Crippen LogP contribution in [0.4, 0.5) is 0 Å². The number of carbonyl (C=O) groups is 2. The number of esters is 1. The number of ketones is 1. The minimum Gasteiger partial charge on any atom is -0.493 e. The first-order valence-electron chi connectivity index (χ1n) is 9.04. The Labute approximate surface area is 168 Å². The highest BCUT2D eigenvalue weighted by molar-refractivity contribution is 6.14. The Bertz CT molecular complexity index is 960. The van der Waals surface area contributed by atoms with E-state index in [4.69, 9.17) is 23.7 Å². The lowest BCUT2D eigenvalue weighted by Crippen LogP contribution is -2.18. The first-order chi connectivity index (χ1) is 13.9. The van der Waals surface area contributed by atoms with Gasteiger partial charge in [-0.1, -0.05) is 6.07 Å². The minimum absolute atomic E-state index is 0.184. The summed E-state index contributed by atoms with van der Waals surface area (Å²) >= 11 is 0. The van der Waals surface area contributed by atoms with Crippen LogP contribution in [0.15, 0.2) is 42.2 Å². The van der Waals surface area contributed by atoms with Crippen LogP contribution in [0.2, 0.25) is 0 Å². The Balaban J connectivity index is 1.75. The zero-order valence-electron chi connectivity index (χ0n) is 16.7. The summed E-state index contributed by atoms with van der Waals surface area (Å²) < 4.78 is 26.7. The van der Waals surface area contributed by atoms with E-state index < -0.39 is 5.97 Å². The quantitative estimate of drug-likeness (QED) is 0.520. The van der Waals surface area contributed by atoms with Gasteiger partial charge in [0.05, 0.1) is 25.9 Å². The fraction of sp³-hybridized carbons (Fsp3) is 0.273. The van der Waals surface area contributed by atoms with Crippen LogP contribution in [0, 0.1) is 0 Å². The van der Waals surface area contributed by atoms with Crippen molar-refractivity contribution < 1.29 is 33.3 Å². The number of carbonyl (C=O) groups excluding carboxylic acids is 2. The maximum absolute atomic E-state index is 12.6. The zero-order valence-corrected chi connectivity index (χ0v) is 16.7. The lowest BCUT2D eigenvalue weighted by molar-refractivity contribution is -0.149. The summed E-state index contributed by atoms with van der Waals surface area (Å²) in [5, 5.41) is 0. The lowest BCUT2D eigenvalue weighted by Gasteiger charge is -2.09. The van der Waals surface area contributed by atoms with Crippen molar-refractivity contribution in [2.24, 2.45) is 0 Å². The summed E-state index contributed by atoms with van der Waals surface area (Å²) in [6.45, 7) is 3.30. The number of methoxy groups -OCH3 is 2. The fourth-order valence-electron chi connectivity index (χ4n) is 2.79. The molecule has 0 fully saturated rings. The van der Waals surface area contributed by atoms with Crippen molar-refractivity contribution in [2.45, 2.75) is 20.0 Å². The molecule has 29 heavy (non-hydrogen) atoms. The van der Waals surface area contributed by atoms with E-state index in [2.05, 4.69) is 0 Å². The average Bonchev–Trinajstić information content (AvgIpc) is 3.00. The van der Waals surface area contributed by atoms with E-state index in [-0.39, 0.29) is 24.3 Å². The Morgan fingerprint density at radius 3 is 2.52 bits per heavy atom. The van der Waals surface area contributed by atoms with Gasteiger partial charge in [0.1, 0.15) is 11.5 Å². The van der Waals surface area contributed by atoms with E-state index in [1.165, 1.54) is 0 Å². The van der Waals surface area contributed by atoms with Crippen LogP contribution in [-0.4, -0.2) is 38.7 Å². The number of rotatable bonds is 7. The van der Waals surface area contributed by atoms with Crippen molar-refractivity contribution in [1.29, 1.82) is 0 Å². The maximum atomic E-state index is 12.6. The smallest absolute Gasteiger partial charge is 0.344 e. The van der Waals surface area contributed by atoms with Crippen LogP contribution in [0.25, 0.3) is 6.08 Å². The maximum Gasteiger partial charge on any atom is 0.344 e. The molecule has 3 rings (SSSR count). The SMILES string of the molecule is COc1ccc(/C=C2\Oc3cc(OCC(=O)OC(C)C)ccc3C2=O)cc1OC. The van der Waals surface area contributed by atoms with Gasteiger partial charge in [0.25, 0.3) is 0 Å². The molecule has 0 amide bonds. The normalized spacial score (nSPS) is 13.8. The standard InChI is InChI=1S/C22H22O7/c1-13(2)28-21(23)12-27-15-6-7-16-18(11-15)29-20(22(16)24)10-14-5-8-17(25-3)19(9-14)26-4/h5-11,13H,12H2,1-4H3/b20-10-. The van der Waals surface area contributed by atoms with Crippen molar-refractivity contribution in [2.75, 3.05) is 20.8 Å². The van der Waals surface area contributed by atoms with Crippen LogP contribution >= 0.6 is 0 Å². The molecule has 0 bridgehead atoms. The summed E-state index contributed by atoms with van der Waals surface area (Å²) in [7, 11) is 3.10. The van der Waals surface area contributed by atoms with Gasteiger partial charge in [-0.05, 0) is 49.8 Å². The molecule has 1 heterocycles. The molecule has 0 atom stereocenters. The minimum atomic E-state index is -0.466. The second-order valence-corrected chi connectivity index (χ2v) is 6.54. The van der Waals surface area contributed by atoms with Gasteiger partial charge in [0, 0.05) is 6.07 Å². The first-order valence-corrected chi connectivity index (χ1v) is 9.04. The Morgan fingerprint density at radius 2 is 1.83 bits per heavy atom. The van der Waals surface area contributed by atoms with E-state index >= 15 is 0 Å². The monoisotopic (exact) mass is 398 g/mol. The molecular weight excluding hydrogens is 376 g/mol. The van der Waals surface area contributed by atoms with Crippen molar-refractivity contribution in [3.8, 4) is 23.0 Å². The molecule has 0 spiro atoms. The third kappa shape index (κ3) is 4.68. The molecule has 0 saturated heterocycles. The van der Waals surface area contributed by atoms with E-state index in [0.29, 0.717) is 28.6 Å². The van der Waals surface area contributed by atoms with Crippen molar-refractivity contribution in [1.82, 2.24) is 0 Å². The van der Waals surface area contributed by atoms with E-state index in [1.54, 1.807) is 70.5 Å². The van der Waals surface area contributed by atoms with Crippen LogP contribution in [-0.2, 0) is 9.53 Å². The van der Waals surface area contributed by atoms with Crippen LogP contribution < -0.4 is 18.9 Å². The highest BCUT2D eigenvalue weighted by Gasteiger charge is 2.28. The van der Waals surface area contributed by atoms with Crippen LogP contribution in [0.1, 0.15) is 29.8 Å². The molecule has 0 radical (unpaired) electrons. The molecule has 2 aromatic rings. The van der Waals surface area contributed by atoms with Crippen molar-refractivity contribution in [3.05, 3.63) is 53.3 Å². The van der Waals surface area contributed by atoms with Gasteiger partial charge in [-0.3, -0.25) is 4.79 Å². The van der Waals surface area contributed by atoms with E-state index in [9.17, 15) is 9.59 Å². The Morgan fingerprint density at radius 1 is 1.07 bits per heavy atom. The number of benzene rings is 2. The molecular formula is C22H22O7. The van der Waals surface area contributed by atoms with Gasteiger partial charge in [0.2, 0.25) is 5.78 Å². The predicted molar refractivity (Wildman–Crippen MR) is 106 cm³/mol. The highest BCUT2D eigenvalue weighted by Crippen LogP contribution is 2.36. The molecule has 7 heteroatoms. The summed E-state index contributed by atoms with van der Waals surface area (Å²) in [6, 6.07) is 10.1. The fourth-order valence-corrected chi connectivity index (χ4v) is 2.79. The molecule has 2 aromatic carbocycles. The van der Waals surface area contributed by atoms with Gasteiger partial charge in [-0.15, -0.1) is 0 Å². The second-order valence-electron chi connectivity index (χ2n) is 6.54. The number of fused-ring (bicyclic) bond motifs is 1. The van der Waals surface area contributed by atoms with E-state index in [1.807, 2.05) is 0 Å². The number of hydrogen-bond donors (Lipinski definition) is 0. The predicted octanol–water partition coefficient (Wildman–Crippen LogP) is 3.65. The van der Waals surface area contributed by atoms with Gasteiger partial charge in [0.15, 0.2) is 23.9 Å². The number of Topliss-reactive ketones (excluding diaryl/α,β-unsaturated/α-hetero) is 1. The molecule has 0 N–H and O–H groups in total. The number of ether oxygens (including phenoxy) is 5. The Hall–Kier alpha value is -3.48. The summed E-state index contributed by atoms with van der Waals surface area (Å²) in [5.41, 5.74) is 1.15. The summed E-state index contributed by atoms with van der Waals surface area (Å²) in [6.07, 6.45) is 1.42. The molecule has 0 saturated carbocycles. The summed E-state index contributed by atoms with van der Waals surface area (Å²) in [4.78, 5) is 24.2. The summed E-state index contributed by atoms with van der Waals surface area (Å²) in [5.74, 6) is 1.40. The number of allylic oxidation sites excluding steroid dienone is 1. The first kappa shape index (κ1) is 20.3. The molecule has 1 aliphatic heterocycles. The molecule has 152 valence electrons. The van der Waals surface area contributed by atoms with Gasteiger partial charge < -0.3 is 23.7 Å². The topological polar surface area (TPSA) is 80.3 Å². The largest absolute Gasteiger partial charge is 0.493 e. The third-order valence-electron chi connectivity index (χ3n) is 4.07. The molecule has 7 nitrogen and oxygen atoms in total. The van der Waals surface area contributed by atoms with Gasteiger partial charge in [-0.2, -0.15) is 0 Å². The van der Waals surface area contributed by atoms with Crippen molar-refractivity contribution >= 4 is 17.8 Å². The van der Waals surface area contributed by atoms with Crippen LogP contribution in [0.5, 0.6) is 23.0 Å². The second kappa shape index (κ2) is 8.68. The Kier molecular flexibility index (Phi) is 6.07. The molecule has 1 aliphatic rings. The lowest BCUT2D eigenvalue weighted by atomic mass is 10.1. The van der Waals surface area contributed by atoms with E-state index in [0.717, 1.165) is 5.56 Å². The molecule has 0 aromatic heterocycles. The third-order valence-corrected chi connectivity index (χ3v) is 4.07. The van der Waals surface area contributed by atoms with Crippen LogP contribution in [0.3, 0.4) is 0 Å². The van der Waals surface area contributed by atoms with Crippen molar-refractivity contribution in [3.63, 3.8) is 0 Å². The van der Waals surface area contributed by atoms with Gasteiger partial charge in [-0.25, -0.2) is 4.79 Å².